The zero-order valence-corrected chi connectivity index (χ0v) is 11.0. The largest absolute Gasteiger partial charge is 0.463 e. The second-order valence-electron chi connectivity index (χ2n) is 4.73. The fraction of sp³-hybridized carbons (Fsp3) is 0.583. The van der Waals surface area contributed by atoms with Crippen LogP contribution in [0.3, 0.4) is 0 Å². The monoisotopic (exact) mass is 237 g/mol. The Labute approximate surface area is 102 Å². The molecule has 0 unspecified atom stereocenters. The number of nitrogens with one attached hydrogen (secondary N) is 1. The van der Waals surface area contributed by atoms with Gasteiger partial charge in [-0.15, -0.1) is 0 Å². The number of carbonyl (C=O) groups excluding carboxylic acids is 1. The average Bonchev–Trinajstić information content (AvgIpc) is 2.27. The maximum absolute atomic E-state index is 11.5. The van der Waals surface area contributed by atoms with Crippen LogP contribution in [0.1, 0.15) is 44.0 Å². The highest BCUT2D eigenvalue weighted by atomic mass is 16.5. The minimum Gasteiger partial charge on any atom is -0.463 e. The number of hydrogen-bond donors (Lipinski definition) is 1. The Morgan fingerprint density at radius 1 is 1.41 bits per heavy atom. The number of carbonyl (C=O) groups is 1. The summed E-state index contributed by atoms with van der Waals surface area (Å²) in [6, 6.07) is 1.86. The highest BCUT2D eigenvalue weighted by molar-refractivity contribution is 5.85. The van der Waals surface area contributed by atoms with Gasteiger partial charge in [-0.1, -0.05) is 20.8 Å². The average molecular weight is 237 g/mol. The van der Waals surface area contributed by atoms with Crippen LogP contribution in [-0.2, 0) is 10.2 Å². The van der Waals surface area contributed by atoms with E-state index in [0.717, 1.165) is 12.2 Å². The molecule has 1 aromatic heterocycles. The number of anilines is 1. The summed E-state index contributed by atoms with van der Waals surface area (Å²) in [4.78, 5) is 19.8. The van der Waals surface area contributed by atoms with E-state index in [1.807, 2.05) is 33.8 Å². The van der Waals surface area contributed by atoms with E-state index in [4.69, 9.17) is 0 Å². The first-order valence-electron chi connectivity index (χ1n) is 5.60. The molecular weight excluding hydrogens is 218 g/mol. The number of hydrogen-bond acceptors (Lipinski definition) is 5. The van der Waals surface area contributed by atoms with Gasteiger partial charge in [-0.25, -0.2) is 14.8 Å². The molecule has 0 bridgehead atoms. The highest BCUT2D eigenvalue weighted by Gasteiger charge is 2.20. The summed E-state index contributed by atoms with van der Waals surface area (Å²) in [5, 5.41) is 3.08. The molecule has 5 nitrogen and oxygen atoms in total. The number of methoxy groups -OCH3 is 1. The topological polar surface area (TPSA) is 64.1 Å². The van der Waals surface area contributed by atoms with Gasteiger partial charge in [0.2, 0.25) is 5.82 Å². The Bertz CT molecular complexity index is 411. The molecule has 1 aromatic rings. The van der Waals surface area contributed by atoms with E-state index in [-0.39, 0.29) is 11.2 Å². The van der Waals surface area contributed by atoms with Gasteiger partial charge >= 0.3 is 5.97 Å². The van der Waals surface area contributed by atoms with Gasteiger partial charge in [0.05, 0.1) is 12.8 Å². The van der Waals surface area contributed by atoms with E-state index >= 15 is 0 Å². The van der Waals surface area contributed by atoms with Crippen LogP contribution in [0.5, 0.6) is 0 Å². The third-order valence-corrected chi connectivity index (χ3v) is 2.22. The molecule has 1 rings (SSSR count). The molecule has 0 saturated carbocycles. The predicted molar refractivity (Wildman–Crippen MR) is 66.2 cm³/mol. The van der Waals surface area contributed by atoms with Crippen LogP contribution in [0.25, 0.3) is 0 Å². The maximum Gasteiger partial charge on any atom is 0.376 e. The molecular formula is C12H19N3O2. The van der Waals surface area contributed by atoms with Crippen molar-refractivity contribution < 1.29 is 9.53 Å². The van der Waals surface area contributed by atoms with Crippen LogP contribution in [0.4, 0.5) is 5.82 Å². The van der Waals surface area contributed by atoms with Crippen molar-refractivity contribution in [3.8, 4) is 0 Å². The summed E-state index contributed by atoms with van der Waals surface area (Å²) in [7, 11) is 1.32. The third kappa shape index (κ3) is 3.41. The van der Waals surface area contributed by atoms with Crippen molar-refractivity contribution in [2.45, 2.75) is 33.1 Å². The lowest BCUT2D eigenvalue weighted by Crippen LogP contribution is -2.19. The molecule has 5 heteroatoms. The lowest BCUT2D eigenvalue weighted by atomic mass is 9.92. The lowest BCUT2D eigenvalue weighted by Gasteiger charge is -2.19. The summed E-state index contributed by atoms with van der Waals surface area (Å²) in [6.07, 6.45) is 0. The first kappa shape index (κ1) is 13.4. The number of nitrogens with zero attached hydrogens (tertiary/aromatic N) is 2. The number of ether oxygens (including phenoxy) is 1. The van der Waals surface area contributed by atoms with Gasteiger partial charge in [-0.2, -0.15) is 0 Å². The molecule has 0 aliphatic rings. The van der Waals surface area contributed by atoms with Crippen molar-refractivity contribution >= 4 is 11.8 Å². The Balaban J connectivity index is 3.23. The minimum absolute atomic E-state index is 0.0934. The standard InChI is InChI=1S/C12H19N3O2/c1-6-13-9-7-8(12(2,3)4)14-10(15-9)11(16)17-5/h7H,6H2,1-5H3,(H,13,14,15). The van der Waals surface area contributed by atoms with E-state index in [2.05, 4.69) is 20.0 Å². The van der Waals surface area contributed by atoms with E-state index in [1.54, 1.807) is 0 Å². The van der Waals surface area contributed by atoms with Crippen molar-refractivity contribution in [3.05, 3.63) is 17.6 Å². The lowest BCUT2D eigenvalue weighted by molar-refractivity contribution is 0.0586. The molecule has 94 valence electrons. The second-order valence-corrected chi connectivity index (χ2v) is 4.73. The third-order valence-electron chi connectivity index (χ3n) is 2.22. The summed E-state index contributed by atoms with van der Waals surface area (Å²) < 4.78 is 4.65. The molecule has 17 heavy (non-hydrogen) atoms. The van der Waals surface area contributed by atoms with E-state index in [0.29, 0.717) is 5.82 Å². The zero-order valence-electron chi connectivity index (χ0n) is 11.0. The quantitative estimate of drug-likeness (QED) is 0.814. The summed E-state index contributed by atoms with van der Waals surface area (Å²) in [5.41, 5.74) is 0.666. The first-order valence-corrected chi connectivity index (χ1v) is 5.60. The van der Waals surface area contributed by atoms with Crippen LogP contribution in [0, 0.1) is 0 Å². The van der Waals surface area contributed by atoms with Gasteiger partial charge in [-0.05, 0) is 6.92 Å². The van der Waals surface area contributed by atoms with Crippen molar-refractivity contribution in [2.24, 2.45) is 0 Å². The zero-order chi connectivity index (χ0) is 13.1. The molecule has 0 aromatic carbocycles. The summed E-state index contributed by atoms with van der Waals surface area (Å²) in [6.45, 7) is 8.81. The number of aromatic nitrogens is 2. The predicted octanol–water partition coefficient (Wildman–Crippen LogP) is 1.99. The number of rotatable bonds is 3. The first-order chi connectivity index (χ1) is 7.88. The summed E-state index contributed by atoms with van der Waals surface area (Å²) >= 11 is 0. The fourth-order valence-electron chi connectivity index (χ4n) is 1.29. The van der Waals surface area contributed by atoms with Gasteiger partial charge < -0.3 is 10.1 Å². The van der Waals surface area contributed by atoms with E-state index < -0.39 is 5.97 Å². The fourth-order valence-corrected chi connectivity index (χ4v) is 1.29. The Kier molecular flexibility index (Phi) is 4.04. The van der Waals surface area contributed by atoms with Gasteiger partial charge in [0.25, 0.3) is 0 Å². The molecule has 0 spiro atoms. The summed E-state index contributed by atoms with van der Waals surface area (Å²) in [5.74, 6) is 0.221. The van der Waals surface area contributed by atoms with Crippen LogP contribution < -0.4 is 5.32 Å². The Morgan fingerprint density at radius 2 is 2.06 bits per heavy atom. The smallest absolute Gasteiger partial charge is 0.376 e. The van der Waals surface area contributed by atoms with E-state index in [1.165, 1.54) is 7.11 Å². The molecule has 0 radical (unpaired) electrons. The molecule has 0 saturated heterocycles. The molecule has 0 amide bonds. The molecule has 1 N–H and O–H groups in total. The van der Waals surface area contributed by atoms with Crippen molar-refractivity contribution in [2.75, 3.05) is 19.0 Å². The van der Waals surface area contributed by atoms with Crippen molar-refractivity contribution in [3.63, 3.8) is 0 Å². The Hall–Kier alpha value is -1.65. The van der Waals surface area contributed by atoms with Gasteiger partial charge in [0, 0.05) is 18.0 Å². The molecule has 0 fully saturated rings. The second kappa shape index (κ2) is 5.12. The van der Waals surface area contributed by atoms with Crippen LogP contribution in [-0.4, -0.2) is 29.6 Å². The van der Waals surface area contributed by atoms with Crippen LogP contribution in [0.15, 0.2) is 6.07 Å². The van der Waals surface area contributed by atoms with Crippen LogP contribution in [0.2, 0.25) is 0 Å². The normalized spacial score (nSPS) is 11.1. The SMILES string of the molecule is CCNc1cc(C(C)(C)C)nc(C(=O)OC)n1. The highest BCUT2D eigenvalue weighted by Crippen LogP contribution is 2.22. The van der Waals surface area contributed by atoms with Crippen LogP contribution >= 0.6 is 0 Å². The Morgan fingerprint density at radius 3 is 2.53 bits per heavy atom. The minimum atomic E-state index is -0.518. The van der Waals surface area contributed by atoms with Gasteiger partial charge in [-0.3, -0.25) is 0 Å². The van der Waals surface area contributed by atoms with Crippen molar-refractivity contribution in [1.82, 2.24) is 9.97 Å². The number of esters is 1. The maximum atomic E-state index is 11.5. The van der Waals surface area contributed by atoms with Gasteiger partial charge in [0.15, 0.2) is 0 Å². The van der Waals surface area contributed by atoms with Gasteiger partial charge in [0.1, 0.15) is 5.82 Å². The van der Waals surface area contributed by atoms with E-state index in [9.17, 15) is 4.79 Å². The molecule has 1 heterocycles. The molecule has 0 aliphatic heterocycles. The van der Waals surface area contributed by atoms with Crippen molar-refractivity contribution in [1.29, 1.82) is 0 Å². The molecule has 0 aliphatic carbocycles. The molecule has 0 atom stereocenters.